The zero-order chi connectivity index (χ0) is 22.3. The van der Waals surface area contributed by atoms with Crippen LogP contribution in [0.2, 0.25) is 10.0 Å². The molecule has 0 atom stereocenters. The highest BCUT2D eigenvalue weighted by Crippen LogP contribution is 2.44. The molecule has 0 amide bonds. The molecule has 30 heavy (non-hydrogen) atoms. The third kappa shape index (κ3) is 4.69. The summed E-state index contributed by atoms with van der Waals surface area (Å²) in [4.78, 5) is -0.891. The van der Waals surface area contributed by atoms with Crippen LogP contribution in [0, 0.1) is 0 Å². The van der Waals surface area contributed by atoms with Crippen LogP contribution in [-0.2, 0) is 20.9 Å². The standard InChI is InChI=1S/C19H17Cl2F3N2O3S/c1-11(29-2)18(7-8-18)26-30(27,28)17-6-4-13(10-14(17)19(22,23)24)25-16-5-3-12(20)9-15(16)21/h3-6,9-10,25-26H,1,7-8H2,2H3. The van der Waals surface area contributed by atoms with Crippen LogP contribution in [0.1, 0.15) is 18.4 Å². The lowest BCUT2D eigenvalue weighted by molar-refractivity contribution is -0.139. The fraction of sp³-hybridized carbons (Fsp3) is 0.263. The predicted octanol–water partition coefficient (Wildman–Crippen LogP) is 5.73. The molecule has 1 aliphatic rings. The first-order valence-electron chi connectivity index (χ1n) is 8.59. The summed E-state index contributed by atoms with van der Waals surface area (Å²) in [6.45, 7) is 3.63. The predicted molar refractivity (Wildman–Crippen MR) is 110 cm³/mol. The van der Waals surface area contributed by atoms with Crippen molar-refractivity contribution in [2.45, 2.75) is 29.5 Å². The number of hydrogen-bond acceptors (Lipinski definition) is 4. The van der Waals surface area contributed by atoms with Crippen molar-refractivity contribution >= 4 is 44.6 Å². The molecule has 0 radical (unpaired) electrons. The summed E-state index contributed by atoms with van der Waals surface area (Å²) >= 11 is 11.9. The number of anilines is 2. The van der Waals surface area contributed by atoms with Crippen molar-refractivity contribution < 1.29 is 26.3 Å². The number of halogens is 5. The van der Waals surface area contributed by atoms with E-state index in [0.29, 0.717) is 29.6 Å². The second kappa shape index (κ2) is 7.96. The van der Waals surface area contributed by atoms with Gasteiger partial charge in [-0.05, 0) is 49.2 Å². The zero-order valence-electron chi connectivity index (χ0n) is 15.6. The Labute approximate surface area is 181 Å². The molecule has 5 nitrogen and oxygen atoms in total. The van der Waals surface area contributed by atoms with Gasteiger partial charge in [0.25, 0.3) is 0 Å². The number of alkyl halides is 3. The van der Waals surface area contributed by atoms with E-state index >= 15 is 0 Å². The molecule has 2 aromatic carbocycles. The Bertz CT molecular complexity index is 1100. The Hall–Kier alpha value is -1.94. The lowest BCUT2D eigenvalue weighted by Gasteiger charge is -2.21. The molecular weight excluding hydrogens is 464 g/mol. The molecule has 0 aliphatic heterocycles. The highest BCUT2D eigenvalue weighted by atomic mass is 35.5. The first-order chi connectivity index (χ1) is 13.9. The molecule has 1 saturated carbocycles. The summed E-state index contributed by atoms with van der Waals surface area (Å²) in [6, 6.07) is 7.27. The first kappa shape index (κ1) is 22.7. The second-order valence-corrected chi connectivity index (χ2v) is 9.27. The Morgan fingerprint density at radius 3 is 2.37 bits per heavy atom. The number of methoxy groups -OCH3 is 1. The van der Waals surface area contributed by atoms with Gasteiger partial charge in [-0.25, -0.2) is 8.42 Å². The number of nitrogens with one attached hydrogen (secondary N) is 2. The molecule has 1 fully saturated rings. The van der Waals surface area contributed by atoms with Crippen molar-refractivity contribution in [3.8, 4) is 0 Å². The van der Waals surface area contributed by atoms with Crippen LogP contribution in [0.15, 0.2) is 53.6 Å². The van der Waals surface area contributed by atoms with Crippen molar-refractivity contribution in [1.29, 1.82) is 0 Å². The first-order valence-corrected chi connectivity index (χ1v) is 10.8. The van der Waals surface area contributed by atoms with Crippen molar-refractivity contribution in [1.82, 2.24) is 4.72 Å². The summed E-state index contributed by atoms with van der Waals surface area (Å²) in [7, 11) is -3.19. The third-order valence-electron chi connectivity index (χ3n) is 4.64. The van der Waals surface area contributed by atoms with Gasteiger partial charge in [-0.15, -0.1) is 0 Å². The number of rotatable bonds is 7. The van der Waals surface area contributed by atoms with Gasteiger partial charge in [0.2, 0.25) is 10.0 Å². The van der Waals surface area contributed by atoms with Crippen molar-refractivity contribution in [2.75, 3.05) is 12.4 Å². The van der Waals surface area contributed by atoms with Gasteiger partial charge in [0.15, 0.2) is 0 Å². The molecule has 1 aliphatic carbocycles. The molecular formula is C19H17Cl2F3N2O3S. The minimum Gasteiger partial charge on any atom is -0.500 e. The fourth-order valence-corrected chi connectivity index (χ4v) is 4.99. The minimum atomic E-state index is -4.92. The van der Waals surface area contributed by atoms with E-state index in [9.17, 15) is 21.6 Å². The van der Waals surface area contributed by atoms with Crippen LogP contribution < -0.4 is 10.0 Å². The van der Waals surface area contributed by atoms with Crippen LogP contribution in [0.5, 0.6) is 0 Å². The topological polar surface area (TPSA) is 67.4 Å². The molecule has 0 saturated heterocycles. The summed E-state index contributed by atoms with van der Waals surface area (Å²) < 4.78 is 73.9. The molecule has 0 aromatic heterocycles. The number of sulfonamides is 1. The molecule has 3 rings (SSSR count). The van der Waals surface area contributed by atoms with Gasteiger partial charge < -0.3 is 10.1 Å². The van der Waals surface area contributed by atoms with E-state index in [0.717, 1.165) is 6.07 Å². The lowest BCUT2D eigenvalue weighted by Crippen LogP contribution is -2.39. The average Bonchev–Trinajstić information content (AvgIpc) is 3.42. The van der Waals surface area contributed by atoms with Gasteiger partial charge >= 0.3 is 6.18 Å². The highest BCUT2D eigenvalue weighted by molar-refractivity contribution is 7.89. The van der Waals surface area contributed by atoms with Gasteiger partial charge in [0, 0.05) is 10.7 Å². The molecule has 2 N–H and O–H groups in total. The van der Waals surface area contributed by atoms with Crippen molar-refractivity contribution in [3.63, 3.8) is 0 Å². The quantitative estimate of drug-likeness (QED) is 0.496. The Morgan fingerprint density at radius 2 is 1.83 bits per heavy atom. The van der Waals surface area contributed by atoms with Crippen molar-refractivity contribution in [3.05, 3.63) is 64.3 Å². The maximum absolute atomic E-state index is 13.7. The highest BCUT2D eigenvalue weighted by Gasteiger charge is 2.51. The summed E-state index contributed by atoms with van der Waals surface area (Å²) in [5, 5.41) is 3.30. The smallest absolute Gasteiger partial charge is 0.417 e. The van der Waals surface area contributed by atoms with Crippen LogP contribution in [-0.4, -0.2) is 21.1 Å². The van der Waals surface area contributed by atoms with E-state index in [1.54, 1.807) is 0 Å². The van der Waals surface area contributed by atoms with E-state index in [2.05, 4.69) is 16.6 Å². The van der Waals surface area contributed by atoms with Gasteiger partial charge in [-0.1, -0.05) is 29.8 Å². The molecule has 0 unspecified atom stereocenters. The van der Waals surface area contributed by atoms with Crippen LogP contribution in [0.25, 0.3) is 0 Å². The van der Waals surface area contributed by atoms with Crippen LogP contribution >= 0.6 is 23.2 Å². The molecule has 11 heteroatoms. The van der Waals surface area contributed by atoms with Crippen LogP contribution in [0.4, 0.5) is 24.5 Å². The monoisotopic (exact) mass is 480 g/mol. The average molecular weight is 481 g/mol. The summed E-state index contributed by atoms with van der Waals surface area (Å²) in [5.41, 5.74) is -2.09. The molecule has 2 aromatic rings. The maximum Gasteiger partial charge on any atom is 0.417 e. The van der Waals surface area contributed by atoms with Gasteiger partial charge in [-0.2, -0.15) is 17.9 Å². The second-order valence-electron chi connectivity index (χ2n) is 6.77. The van der Waals surface area contributed by atoms with E-state index < -0.39 is 32.2 Å². The lowest BCUT2D eigenvalue weighted by atomic mass is 10.2. The van der Waals surface area contributed by atoms with Gasteiger partial charge in [0.1, 0.15) is 5.76 Å². The van der Waals surface area contributed by atoms with E-state index in [1.165, 1.54) is 31.4 Å². The largest absolute Gasteiger partial charge is 0.500 e. The molecule has 162 valence electrons. The van der Waals surface area contributed by atoms with E-state index in [1.807, 2.05) is 0 Å². The van der Waals surface area contributed by atoms with Crippen LogP contribution in [0.3, 0.4) is 0 Å². The third-order valence-corrected chi connectivity index (χ3v) is 6.79. The van der Waals surface area contributed by atoms with Gasteiger partial charge in [-0.3, -0.25) is 0 Å². The van der Waals surface area contributed by atoms with E-state index in [-0.39, 0.29) is 16.5 Å². The minimum absolute atomic E-state index is 0.00735. The summed E-state index contributed by atoms with van der Waals surface area (Å²) in [5.74, 6) is 0.148. The zero-order valence-corrected chi connectivity index (χ0v) is 17.9. The Morgan fingerprint density at radius 1 is 1.17 bits per heavy atom. The van der Waals surface area contributed by atoms with E-state index in [4.69, 9.17) is 27.9 Å². The number of hydrogen-bond donors (Lipinski definition) is 2. The SMILES string of the molecule is C=C(OC)C1(NS(=O)(=O)c2ccc(Nc3ccc(Cl)cc3Cl)cc2C(F)(F)F)CC1. The maximum atomic E-state index is 13.7. The Balaban J connectivity index is 1.98. The Kier molecular flexibility index (Phi) is 6.03. The summed E-state index contributed by atoms with van der Waals surface area (Å²) in [6.07, 6.45) is -4.15. The molecule has 0 bridgehead atoms. The van der Waals surface area contributed by atoms with Crippen molar-refractivity contribution in [2.24, 2.45) is 0 Å². The number of benzene rings is 2. The number of ether oxygens (including phenoxy) is 1. The normalized spacial score (nSPS) is 15.5. The molecule has 0 heterocycles. The van der Waals surface area contributed by atoms with Gasteiger partial charge in [0.05, 0.1) is 33.8 Å². The molecule has 0 spiro atoms. The fourth-order valence-electron chi connectivity index (χ4n) is 2.88.